The van der Waals surface area contributed by atoms with E-state index in [2.05, 4.69) is 0 Å². The normalized spacial score (nSPS) is 20.6. The lowest BCUT2D eigenvalue weighted by Crippen LogP contribution is -2.60. The van der Waals surface area contributed by atoms with Crippen LogP contribution in [0.4, 0.5) is 0 Å². The van der Waals surface area contributed by atoms with Crippen LogP contribution >= 0.6 is 7.60 Å². The second-order valence-electron chi connectivity index (χ2n) is 12.5. The van der Waals surface area contributed by atoms with Crippen LogP contribution in [0.2, 0.25) is 0 Å². The molecule has 266 valence electrons. The van der Waals surface area contributed by atoms with Crippen LogP contribution in [0.15, 0.2) is 152 Å². The first-order valence-electron chi connectivity index (χ1n) is 17.3. The van der Waals surface area contributed by atoms with Gasteiger partial charge in [0.2, 0.25) is 0 Å². The molecule has 1 aliphatic heterocycles. The largest absolute Gasteiger partial charge is 0.368 e. The van der Waals surface area contributed by atoms with Gasteiger partial charge < -0.3 is 33.1 Å². The first-order valence-corrected chi connectivity index (χ1v) is 19.0. The van der Waals surface area contributed by atoms with Crippen molar-refractivity contribution >= 4 is 7.60 Å². The van der Waals surface area contributed by atoms with Gasteiger partial charge in [-0.3, -0.25) is 4.57 Å². The maximum atomic E-state index is 14.4. The van der Waals surface area contributed by atoms with E-state index in [1.807, 2.05) is 152 Å². The quantitative estimate of drug-likeness (QED) is 0.0907. The lowest BCUT2D eigenvalue weighted by molar-refractivity contribution is -0.311. The number of hydrogen-bond acceptors (Lipinski definition) is 8. The highest BCUT2D eigenvalue weighted by Crippen LogP contribution is 2.51. The summed E-state index contributed by atoms with van der Waals surface area (Å²) >= 11 is 0. The predicted molar refractivity (Wildman–Crippen MR) is 195 cm³/mol. The first kappa shape index (κ1) is 36.8. The number of hydrogen-bond donors (Lipinski definition) is 1. The van der Waals surface area contributed by atoms with Crippen LogP contribution < -0.4 is 0 Å². The van der Waals surface area contributed by atoms with Crippen molar-refractivity contribution in [3.8, 4) is 0 Å². The lowest BCUT2D eigenvalue weighted by atomic mass is 9.96. The second-order valence-corrected chi connectivity index (χ2v) is 14.7. The van der Waals surface area contributed by atoms with Gasteiger partial charge >= 0.3 is 7.60 Å². The van der Waals surface area contributed by atoms with Gasteiger partial charge in [-0.15, -0.1) is 0 Å². The maximum Gasteiger partial charge on any atom is 0.331 e. The average molecular weight is 709 g/mol. The molecule has 6 rings (SSSR count). The number of benzene rings is 5. The van der Waals surface area contributed by atoms with Crippen molar-refractivity contribution in [1.82, 2.24) is 0 Å². The monoisotopic (exact) mass is 708 g/mol. The van der Waals surface area contributed by atoms with Gasteiger partial charge in [-0.2, -0.15) is 0 Å². The van der Waals surface area contributed by atoms with E-state index in [0.717, 1.165) is 27.8 Å². The van der Waals surface area contributed by atoms with E-state index in [4.69, 9.17) is 28.0 Å². The molecule has 0 saturated carbocycles. The smallest absolute Gasteiger partial charge is 0.331 e. The van der Waals surface area contributed by atoms with Crippen LogP contribution in [0.25, 0.3) is 0 Å². The van der Waals surface area contributed by atoms with Crippen LogP contribution in [-0.2, 0) is 65.6 Å². The Morgan fingerprint density at radius 2 is 0.804 bits per heavy atom. The Bertz CT molecular complexity index is 1700. The van der Waals surface area contributed by atoms with Gasteiger partial charge in [0.15, 0.2) is 6.29 Å². The second kappa shape index (κ2) is 19.0. The highest BCUT2D eigenvalue weighted by molar-refractivity contribution is 7.53. The van der Waals surface area contributed by atoms with E-state index in [-0.39, 0.29) is 45.6 Å². The summed E-state index contributed by atoms with van der Waals surface area (Å²) in [6, 6.07) is 48.6. The molecule has 0 radical (unpaired) electrons. The molecule has 1 aliphatic rings. The molecular weight excluding hydrogens is 663 g/mol. The Hall–Kier alpha value is -3.95. The fourth-order valence-corrected chi connectivity index (χ4v) is 7.54. The van der Waals surface area contributed by atoms with Crippen LogP contribution in [0.3, 0.4) is 0 Å². The van der Waals surface area contributed by atoms with Gasteiger partial charge in [-0.1, -0.05) is 152 Å². The Morgan fingerprint density at radius 1 is 0.471 bits per heavy atom. The van der Waals surface area contributed by atoms with Gasteiger partial charge in [0.25, 0.3) is 0 Å². The summed E-state index contributed by atoms with van der Waals surface area (Å²) in [5.74, 6) is 0. The standard InChI is InChI=1S/C42H45O8P/c43-42-41(47-30-35-20-10-3-11-21-35)40(46-29-34-18-8-2-9-19-34)39(45-28-33-16-6-1-7-17-33)38(50-42)26-27-51(44,48-31-36-22-12-4-13-23-36)49-32-37-24-14-5-15-25-37/h1-25,38-43H,26-32H2/t38-,39-,40+,41+,42+/m1/s1. The van der Waals surface area contributed by atoms with Gasteiger partial charge in [0, 0.05) is 0 Å². The zero-order valence-electron chi connectivity index (χ0n) is 28.5. The molecule has 0 aromatic heterocycles. The third kappa shape index (κ3) is 11.3. The van der Waals surface area contributed by atoms with Crippen LogP contribution in [0.1, 0.15) is 34.2 Å². The SMILES string of the molecule is O=P(CC[C@H]1O[C@H](O)[C@@H](OCc2ccccc2)[C@@H](OCc2ccccc2)[C@@H]1OCc1ccccc1)(OCc1ccccc1)OCc1ccccc1. The van der Waals surface area contributed by atoms with E-state index in [0.29, 0.717) is 0 Å². The molecule has 0 aliphatic carbocycles. The summed E-state index contributed by atoms with van der Waals surface area (Å²) in [6.07, 6.45) is -4.15. The molecule has 0 unspecified atom stereocenters. The summed E-state index contributed by atoms with van der Waals surface area (Å²) in [5.41, 5.74) is 4.63. The van der Waals surface area contributed by atoms with E-state index in [9.17, 15) is 9.67 Å². The van der Waals surface area contributed by atoms with E-state index >= 15 is 0 Å². The molecule has 1 fully saturated rings. The third-order valence-corrected chi connectivity index (χ3v) is 10.5. The van der Waals surface area contributed by atoms with Crippen molar-refractivity contribution in [2.24, 2.45) is 0 Å². The predicted octanol–water partition coefficient (Wildman–Crippen LogP) is 8.48. The molecule has 5 aromatic rings. The average Bonchev–Trinajstić information content (AvgIpc) is 3.19. The van der Waals surface area contributed by atoms with Crippen molar-refractivity contribution in [1.29, 1.82) is 0 Å². The number of aliphatic hydroxyl groups is 1. The Morgan fingerprint density at radius 3 is 1.20 bits per heavy atom. The molecule has 51 heavy (non-hydrogen) atoms. The molecule has 0 bridgehead atoms. The molecule has 0 amide bonds. The van der Waals surface area contributed by atoms with E-state index < -0.39 is 38.3 Å². The highest BCUT2D eigenvalue weighted by Gasteiger charge is 2.48. The van der Waals surface area contributed by atoms with Crippen molar-refractivity contribution in [3.05, 3.63) is 179 Å². The lowest BCUT2D eigenvalue weighted by Gasteiger charge is -2.44. The minimum Gasteiger partial charge on any atom is -0.368 e. The highest BCUT2D eigenvalue weighted by atomic mass is 31.2. The number of rotatable bonds is 18. The molecule has 1 heterocycles. The zero-order chi connectivity index (χ0) is 35.1. The van der Waals surface area contributed by atoms with Gasteiger partial charge in [0.05, 0.1) is 45.3 Å². The van der Waals surface area contributed by atoms with Crippen molar-refractivity contribution in [3.63, 3.8) is 0 Å². The summed E-state index contributed by atoms with van der Waals surface area (Å²) in [4.78, 5) is 0. The third-order valence-electron chi connectivity index (χ3n) is 8.69. The minimum atomic E-state index is -3.68. The molecule has 0 spiro atoms. The summed E-state index contributed by atoms with van der Waals surface area (Å²) in [5, 5.41) is 11.5. The maximum absolute atomic E-state index is 14.4. The van der Waals surface area contributed by atoms with Gasteiger partial charge in [-0.05, 0) is 34.2 Å². The Labute approximate surface area is 300 Å². The Kier molecular flexibility index (Phi) is 13.8. The molecule has 9 heteroatoms. The molecule has 5 aromatic carbocycles. The number of ether oxygens (including phenoxy) is 4. The molecular formula is C42H45O8P. The molecule has 1 saturated heterocycles. The van der Waals surface area contributed by atoms with Gasteiger partial charge in [0.1, 0.15) is 18.3 Å². The van der Waals surface area contributed by atoms with Crippen LogP contribution in [0, 0.1) is 0 Å². The summed E-state index contributed by atoms with van der Waals surface area (Å²) in [7, 11) is -3.68. The van der Waals surface area contributed by atoms with Crippen molar-refractivity contribution in [2.75, 3.05) is 6.16 Å². The topological polar surface area (TPSA) is 92.7 Å². The first-order chi connectivity index (χ1) is 25.0. The van der Waals surface area contributed by atoms with Crippen molar-refractivity contribution < 1.29 is 37.7 Å². The van der Waals surface area contributed by atoms with Gasteiger partial charge in [-0.25, -0.2) is 0 Å². The van der Waals surface area contributed by atoms with E-state index in [1.54, 1.807) is 0 Å². The molecule has 8 nitrogen and oxygen atoms in total. The fourth-order valence-electron chi connectivity index (χ4n) is 5.94. The van der Waals surface area contributed by atoms with Crippen molar-refractivity contribution in [2.45, 2.75) is 70.2 Å². The summed E-state index contributed by atoms with van der Waals surface area (Å²) < 4.78 is 52.4. The molecule has 5 atom stereocenters. The Balaban J connectivity index is 1.25. The number of aliphatic hydroxyl groups excluding tert-OH is 1. The van der Waals surface area contributed by atoms with Crippen LogP contribution in [0.5, 0.6) is 0 Å². The summed E-state index contributed by atoms with van der Waals surface area (Å²) in [6.45, 7) is 1.01. The van der Waals surface area contributed by atoms with Crippen LogP contribution in [-0.4, -0.2) is 42.0 Å². The van der Waals surface area contributed by atoms with E-state index in [1.165, 1.54) is 0 Å². The fraction of sp³-hybridized carbons (Fsp3) is 0.286. The minimum absolute atomic E-state index is 0.0240. The zero-order valence-corrected chi connectivity index (χ0v) is 29.4. The molecule has 1 N–H and O–H groups in total.